The minimum absolute atomic E-state index is 0.0488. The van der Waals surface area contributed by atoms with Crippen LogP contribution in [0.3, 0.4) is 0 Å². The van der Waals surface area contributed by atoms with Crippen LogP contribution in [0.4, 0.5) is 0 Å². The van der Waals surface area contributed by atoms with Crippen molar-refractivity contribution in [2.75, 3.05) is 14.1 Å². The Morgan fingerprint density at radius 2 is 1.77 bits per heavy atom. The summed E-state index contributed by atoms with van der Waals surface area (Å²) >= 11 is 0. The number of carbonyl (C=O) groups is 1. The maximum absolute atomic E-state index is 12.2. The fraction of sp³-hybridized carbons (Fsp3) is 0.611. The Morgan fingerprint density at radius 3 is 2.36 bits per heavy atom. The Morgan fingerprint density at radius 1 is 1.18 bits per heavy atom. The molecule has 2 fully saturated rings. The summed E-state index contributed by atoms with van der Waals surface area (Å²) in [5.74, 6) is -0.513. The molecular formula is C18H26NO3+. The lowest BCUT2D eigenvalue weighted by atomic mass is 9.81. The van der Waals surface area contributed by atoms with Crippen LogP contribution in [0, 0.1) is 0 Å². The zero-order valence-electron chi connectivity index (χ0n) is 13.4. The lowest BCUT2D eigenvalue weighted by Crippen LogP contribution is -2.63. The van der Waals surface area contributed by atoms with E-state index in [1.807, 2.05) is 18.2 Å². The first kappa shape index (κ1) is 15.5. The largest absolute Gasteiger partial charge is 0.460 e. The van der Waals surface area contributed by atoms with Crippen molar-refractivity contribution in [1.29, 1.82) is 0 Å². The molecule has 4 heteroatoms. The third-order valence-electron chi connectivity index (χ3n) is 5.65. The Balaban J connectivity index is 1.63. The molecule has 3 unspecified atom stereocenters. The van der Waals surface area contributed by atoms with E-state index in [-0.39, 0.29) is 6.10 Å². The fourth-order valence-electron chi connectivity index (χ4n) is 4.13. The number of nitrogens with zero attached hydrogens (tertiary/aromatic N) is 1. The molecule has 3 rings (SSSR count). The number of carbonyl (C=O) groups excluding carboxylic acids is 1. The van der Waals surface area contributed by atoms with Crippen LogP contribution in [0.2, 0.25) is 0 Å². The molecule has 0 saturated carbocycles. The lowest BCUT2D eigenvalue weighted by Gasteiger charge is -2.52. The van der Waals surface area contributed by atoms with Crippen molar-refractivity contribution < 1.29 is 19.1 Å². The number of benzene rings is 1. The van der Waals surface area contributed by atoms with E-state index in [2.05, 4.69) is 14.1 Å². The summed E-state index contributed by atoms with van der Waals surface area (Å²) in [4.78, 5) is 12.2. The van der Waals surface area contributed by atoms with E-state index in [9.17, 15) is 9.90 Å². The molecule has 3 atom stereocenters. The highest BCUT2D eigenvalue weighted by molar-refractivity contribution is 5.76. The summed E-state index contributed by atoms with van der Waals surface area (Å²) in [6.07, 6.45) is 4.30. The molecule has 2 bridgehead atoms. The zero-order valence-corrected chi connectivity index (χ0v) is 13.4. The van der Waals surface area contributed by atoms with Gasteiger partial charge in [0.15, 0.2) is 6.10 Å². The number of rotatable bonds is 3. The molecule has 0 spiro atoms. The number of esters is 1. The third kappa shape index (κ3) is 2.90. The molecule has 0 radical (unpaired) electrons. The van der Waals surface area contributed by atoms with E-state index >= 15 is 0 Å². The van der Waals surface area contributed by atoms with Gasteiger partial charge >= 0.3 is 5.97 Å². The molecular weight excluding hydrogens is 278 g/mol. The van der Waals surface area contributed by atoms with E-state index in [4.69, 9.17) is 4.74 Å². The highest BCUT2D eigenvalue weighted by Gasteiger charge is 2.47. The molecule has 0 aliphatic carbocycles. The van der Waals surface area contributed by atoms with E-state index < -0.39 is 12.1 Å². The molecule has 22 heavy (non-hydrogen) atoms. The summed E-state index contributed by atoms with van der Waals surface area (Å²) in [5, 5.41) is 10.1. The lowest BCUT2D eigenvalue weighted by molar-refractivity contribution is -0.950. The number of fused-ring (bicyclic) bond motifs is 2. The maximum Gasteiger partial charge on any atom is 0.339 e. The van der Waals surface area contributed by atoms with Crippen molar-refractivity contribution in [3.8, 4) is 0 Å². The number of hydrogen-bond donors (Lipinski definition) is 1. The zero-order chi connectivity index (χ0) is 15.7. The highest BCUT2D eigenvalue weighted by atomic mass is 16.6. The van der Waals surface area contributed by atoms with Crippen molar-refractivity contribution in [2.45, 2.75) is 56.4 Å². The predicted octanol–water partition coefficient (Wildman–Crippen LogP) is 2.42. The van der Waals surface area contributed by atoms with Crippen LogP contribution < -0.4 is 0 Å². The second-order valence-corrected chi connectivity index (χ2v) is 7.21. The van der Waals surface area contributed by atoms with Gasteiger partial charge in [0.05, 0.1) is 26.2 Å². The van der Waals surface area contributed by atoms with Crippen molar-refractivity contribution in [3.63, 3.8) is 0 Å². The summed E-state index contributed by atoms with van der Waals surface area (Å²) in [6, 6.07) is 10.1. The number of quaternary nitrogens is 1. The quantitative estimate of drug-likeness (QED) is 0.689. The number of aliphatic hydroxyl groups is 1. The van der Waals surface area contributed by atoms with Gasteiger partial charge in [-0.25, -0.2) is 4.79 Å². The highest BCUT2D eigenvalue weighted by Crippen LogP contribution is 2.39. The molecule has 2 heterocycles. The standard InChI is InChI=1S/C18H26NO3/c1-19(2)14-9-6-10-15(19)12-16(11-14)22-18(21)17(20)13-7-4-3-5-8-13/h3-5,7-8,14-17,20H,6,9-12H2,1-2H3/q+1. The fourth-order valence-corrected chi connectivity index (χ4v) is 4.13. The summed E-state index contributed by atoms with van der Waals surface area (Å²) in [7, 11) is 4.59. The van der Waals surface area contributed by atoms with Gasteiger partial charge in [0.25, 0.3) is 0 Å². The average molecular weight is 304 g/mol. The van der Waals surface area contributed by atoms with Crippen LogP contribution in [0.1, 0.15) is 43.8 Å². The van der Waals surface area contributed by atoms with E-state index in [0.717, 1.165) is 17.3 Å². The van der Waals surface area contributed by atoms with Gasteiger partial charge in [-0.05, 0) is 24.8 Å². The number of ether oxygens (including phenoxy) is 1. The molecule has 1 N–H and O–H groups in total. The van der Waals surface area contributed by atoms with Gasteiger partial charge in [0.2, 0.25) is 0 Å². The van der Waals surface area contributed by atoms with Crippen molar-refractivity contribution >= 4 is 5.97 Å². The van der Waals surface area contributed by atoms with Crippen molar-refractivity contribution in [3.05, 3.63) is 35.9 Å². The Hall–Kier alpha value is -1.39. The Kier molecular flexibility index (Phi) is 4.24. The number of aliphatic hydroxyl groups excluding tert-OH is 1. The Labute approximate surface area is 132 Å². The second-order valence-electron chi connectivity index (χ2n) is 7.21. The van der Waals surface area contributed by atoms with E-state index in [1.54, 1.807) is 12.1 Å². The van der Waals surface area contributed by atoms with Crippen LogP contribution in [0.5, 0.6) is 0 Å². The monoisotopic (exact) mass is 304 g/mol. The summed E-state index contributed by atoms with van der Waals surface area (Å²) in [5.41, 5.74) is 0.597. The van der Waals surface area contributed by atoms with Gasteiger partial charge in [-0.2, -0.15) is 0 Å². The minimum atomic E-state index is -1.18. The molecule has 120 valence electrons. The second kappa shape index (κ2) is 6.01. The molecule has 2 saturated heterocycles. The van der Waals surface area contributed by atoms with Crippen LogP contribution in [0.25, 0.3) is 0 Å². The SMILES string of the molecule is C[N+]1(C)C2CCCC1CC(OC(=O)C(O)c1ccccc1)C2. The van der Waals surface area contributed by atoms with E-state index in [1.165, 1.54) is 19.3 Å². The maximum atomic E-state index is 12.2. The first-order chi connectivity index (χ1) is 10.5. The van der Waals surface area contributed by atoms with Gasteiger partial charge in [-0.1, -0.05) is 30.3 Å². The molecule has 2 aliphatic rings. The van der Waals surface area contributed by atoms with Crippen molar-refractivity contribution in [2.24, 2.45) is 0 Å². The number of hydrogen-bond acceptors (Lipinski definition) is 3. The predicted molar refractivity (Wildman–Crippen MR) is 84.1 cm³/mol. The van der Waals surface area contributed by atoms with Crippen LogP contribution in [-0.4, -0.2) is 47.8 Å². The van der Waals surface area contributed by atoms with Crippen LogP contribution in [-0.2, 0) is 9.53 Å². The smallest absolute Gasteiger partial charge is 0.339 e. The normalized spacial score (nSPS) is 31.3. The topological polar surface area (TPSA) is 46.5 Å². The summed E-state index contributed by atoms with van der Waals surface area (Å²) < 4.78 is 6.69. The van der Waals surface area contributed by atoms with Gasteiger partial charge in [0.1, 0.15) is 6.10 Å². The first-order valence-electron chi connectivity index (χ1n) is 8.25. The third-order valence-corrected chi connectivity index (χ3v) is 5.65. The van der Waals surface area contributed by atoms with Crippen LogP contribution >= 0.6 is 0 Å². The molecule has 4 nitrogen and oxygen atoms in total. The molecule has 0 amide bonds. The van der Waals surface area contributed by atoms with Gasteiger partial charge in [-0.3, -0.25) is 0 Å². The molecule has 1 aromatic carbocycles. The van der Waals surface area contributed by atoms with E-state index in [0.29, 0.717) is 17.6 Å². The van der Waals surface area contributed by atoms with Gasteiger partial charge in [-0.15, -0.1) is 0 Å². The minimum Gasteiger partial charge on any atom is -0.460 e. The number of piperidine rings is 2. The molecule has 1 aromatic rings. The molecule has 2 aliphatic heterocycles. The molecule has 0 aromatic heterocycles. The first-order valence-corrected chi connectivity index (χ1v) is 8.25. The van der Waals surface area contributed by atoms with Crippen molar-refractivity contribution in [1.82, 2.24) is 0 Å². The van der Waals surface area contributed by atoms with Crippen LogP contribution in [0.15, 0.2) is 30.3 Å². The Bertz CT molecular complexity index is 512. The van der Waals surface area contributed by atoms with Gasteiger partial charge < -0.3 is 14.3 Å². The van der Waals surface area contributed by atoms with Gasteiger partial charge in [0, 0.05) is 12.8 Å². The summed E-state index contributed by atoms with van der Waals surface area (Å²) in [6.45, 7) is 0. The average Bonchev–Trinajstić information content (AvgIpc) is 2.48.